The van der Waals surface area contributed by atoms with Gasteiger partial charge in [-0.15, -0.1) is 0 Å². The molecule has 0 aromatic rings. The van der Waals surface area contributed by atoms with Gasteiger partial charge in [-0.3, -0.25) is 4.79 Å². The number of carboxylic acid groups (broad SMARTS) is 1. The molecule has 0 spiro atoms. The second-order valence-corrected chi connectivity index (χ2v) is 3.37. The van der Waals surface area contributed by atoms with E-state index >= 15 is 0 Å². The molecule has 0 aliphatic carbocycles. The van der Waals surface area contributed by atoms with Crippen LogP contribution in [0.5, 0.6) is 0 Å². The van der Waals surface area contributed by atoms with E-state index in [0.717, 1.165) is 6.54 Å². The van der Waals surface area contributed by atoms with Crippen molar-refractivity contribution in [3.8, 4) is 0 Å². The highest BCUT2D eigenvalue weighted by molar-refractivity contribution is 5.66. The number of aliphatic carboxylic acids is 1. The first-order valence-corrected chi connectivity index (χ1v) is 4.54. The van der Waals surface area contributed by atoms with Crippen molar-refractivity contribution in [2.75, 3.05) is 26.7 Å². The van der Waals surface area contributed by atoms with Crippen molar-refractivity contribution in [3.05, 3.63) is 0 Å². The molecule has 0 saturated carbocycles. The topological polar surface area (TPSA) is 49.8 Å². The number of carboxylic acids is 1. The number of ether oxygens (including phenoxy) is 1. The lowest BCUT2D eigenvalue weighted by molar-refractivity contribution is -0.137. The van der Waals surface area contributed by atoms with Crippen LogP contribution in [0.2, 0.25) is 0 Å². The largest absolute Gasteiger partial charge is 0.481 e. The molecule has 0 aromatic carbocycles. The van der Waals surface area contributed by atoms with Gasteiger partial charge in [-0.2, -0.15) is 0 Å². The van der Waals surface area contributed by atoms with Crippen molar-refractivity contribution in [3.63, 3.8) is 0 Å². The molecule has 0 heterocycles. The van der Waals surface area contributed by atoms with E-state index in [-0.39, 0.29) is 12.5 Å². The third-order valence-corrected chi connectivity index (χ3v) is 1.63. The van der Waals surface area contributed by atoms with E-state index in [2.05, 4.69) is 0 Å². The first-order chi connectivity index (χ1) is 6.02. The molecule has 0 rings (SSSR count). The monoisotopic (exact) mass is 189 g/mol. The van der Waals surface area contributed by atoms with E-state index in [4.69, 9.17) is 9.84 Å². The maximum atomic E-state index is 10.2. The number of carbonyl (C=O) groups is 1. The standard InChI is InChI=1S/C9H19NO3/c1-8(2)13-7-6-10(3)5-4-9(11)12/h8H,4-7H2,1-3H3,(H,11,12). The average Bonchev–Trinajstić information content (AvgIpc) is 2.00. The maximum absolute atomic E-state index is 10.2. The Morgan fingerprint density at radius 2 is 2.08 bits per heavy atom. The van der Waals surface area contributed by atoms with Gasteiger partial charge in [0.2, 0.25) is 0 Å². The summed E-state index contributed by atoms with van der Waals surface area (Å²) in [6.45, 7) is 5.99. The Kier molecular flexibility index (Phi) is 6.54. The zero-order chi connectivity index (χ0) is 10.3. The van der Waals surface area contributed by atoms with Gasteiger partial charge in [0.25, 0.3) is 0 Å². The van der Waals surface area contributed by atoms with Crippen LogP contribution < -0.4 is 0 Å². The van der Waals surface area contributed by atoms with Crippen LogP contribution in [0.3, 0.4) is 0 Å². The Labute approximate surface area is 79.5 Å². The van der Waals surface area contributed by atoms with E-state index in [1.165, 1.54) is 0 Å². The molecule has 1 N–H and O–H groups in total. The van der Waals surface area contributed by atoms with Gasteiger partial charge in [0, 0.05) is 13.1 Å². The van der Waals surface area contributed by atoms with Gasteiger partial charge < -0.3 is 14.7 Å². The summed E-state index contributed by atoms with van der Waals surface area (Å²) in [5, 5.41) is 8.42. The van der Waals surface area contributed by atoms with Crippen LogP contribution >= 0.6 is 0 Å². The highest BCUT2D eigenvalue weighted by Crippen LogP contribution is 1.91. The number of hydrogen-bond acceptors (Lipinski definition) is 3. The van der Waals surface area contributed by atoms with Crippen LogP contribution in [0.15, 0.2) is 0 Å². The molecule has 0 saturated heterocycles. The number of likely N-dealkylation sites (N-methyl/N-ethyl adjacent to an activating group) is 1. The molecule has 0 atom stereocenters. The zero-order valence-corrected chi connectivity index (χ0v) is 8.62. The third kappa shape index (κ3) is 9.30. The Bertz CT molecular complexity index is 148. The first kappa shape index (κ1) is 12.4. The predicted octanol–water partition coefficient (Wildman–Crippen LogP) is 0.818. The molecule has 0 amide bonds. The predicted molar refractivity (Wildman–Crippen MR) is 50.8 cm³/mol. The van der Waals surface area contributed by atoms with Gasteiger partial charge in [-0.25, -0.2) is 0 Å². The van der Waals surface area contributed by atoms with Crippen molar-refractivity contribution in [2.45, 2.75) is 26.4 Å². The molecule has 78 valence electrons. The van der Waals surface area contributed by atoms with Crippen LogP contribution in [-0.4, -0.2) is 48.8 Å². The summed E-state index contributed by atoms with van der Waals surface area (Å²) in [6, 6.07) is 0. The highest BCUT2D eigenvalue weighted by Gasteiger charge is 2.02. The van der Waals surface area contributed by atoms with Gasteiger partial charge in [-0.05, 0) is 20.9 Å². The van der Waals surface area contributed by atoms with Crippen LogP contribution in [0, 0.1) is 0 Å². The fourth-order valence-electron chi connectivity index (χ4n) is 0.843. The number of nitrogens with zero attached hydrogens (tertiary/aromatic N) is 1. The van der Waals surface area contributed by atoms with E-state index in [9.17, 15) is 4.79 Å². The molecule has 4 nitrogen and oxygen atoms in total. The molecule has 0 aromatic heterocycles. The molecule has 0 unspecified atom stereocenters. The van der Waals surface area contributed by atoms with E-state index in [0.29, 0.717) is 13.2 Å². The second-order valence-electron chi connectivity index (χ2n) is 3.37. The normalized spacial score (nSPS) is 11.2. The molecular weight excluding hydrogens is 170 g/mol. The summed E-state index contributed by atoms with van der Waals surface area (Å²) in [6.07, 6.45) is 0.436. The number of hydrogen-bond donors (Lipinski definition) is 1. The maximum Gasteiger partial charge on any atom is 0.304 e. The molecule has 0 bridgehead atoms. The van der Waals surface area contributed by atoms with Gasteiger partial charge in [0.15, 0.2) is 0 Å². The van der Waals surface area contributed by atoms with Gasteiger partial charge in [0.1, 0.15) is 0 Å². The van der Waals surface area contributed by atoms with Crippen molar-refractivity contribution in [1.29, 1.82) is 0 Å². The van der Waals surface area contributed by atoms with Crippen LogP contribution in [0.4, 0.5) is 0 Å². The van der Waals surface area contributed by atoms with Crippen LogP contribution in [0.25, 0.3) is 0 Å². The summed E-state index contributed by atoms with van der Waals surface area (Å²) in [5.41, 5.74) is 0. The summed E-state index contributed by atoms with van der Waals surface area (Å²) in [7, 11) is 1.90. The van der Waals surface area contributed by atoms with E-state index in [1.54, 1.807) is 0 Å². The average molecular weight is 189 g/mol. The number of rotatable bonds is 7. The fraction of sp³-hybridized carbons (Fsp3) is 0.889. The zero-order valence-electron chi connectivity index (χ0n) is 8.62. The Balaban J connectivity index is 3.30. The summed E-state index contributed by atoms with van der Waals surface area (Å²) < 4.78 is 5.33. The van der Waals surface area contributed by atoms with E-state index < -0.39 is 5.97 Å². The van der Waals surface area contributed by atoms with Crippen molar-refractivity contribution in [1.82, 2.24) is 4.90 Å². The van der Waals surface area contributed by atoms with Crippen molar-refractivity contribution < 1.29 is 14.6 Å². The lowest BCUT2D eigenvalue weighted by Crippen LogP contribution is -2.26. The van der Waals surface area contributed by atoms with Crippen LogP contribution in [0.1, 0.15) is 20.3 Å². The summed E-state index contributed by atoms with van der Waals surface area (Å²) in [4.78, 5) is 12.2. The van der Waals surface area contributed by atoms with Crippen molar-refractivity contribution in [2.24, 2.45) is 0 Å². The quantitative estimate of drug-likeness (QED) is 0.644. The molecule has 0 radical (unpaired) electrons. The van der Waals surface area contributed by atoms with E-state index in [1.807, 2.05) is 25.8 Å². The lowest BCUT2D eigenvalue weighted by atomic mass is 10.4. The molecule has 0 aliphatic rings. The smallest absolute Gasteiger partial charge is 0.304 e. The Morgan fingerprint density at radius 1 is 1.46 bits per heavy atom. The van der Waals surface area contributed by atoms with Gasteiger partial charge in [-0.1, -0.05) is 0 Å². The Morgan fingerprint density at radius 3 is 2.54 bits per heavy atom. The SMILES string of the molecule is CC(C)OCCN(C)CCC(=O)O. The molecular formula is C9H19NO3. The Hall–Kier alpha value is -0.610. The van der Waals surface area contributed by atoms with Gasteiger partial charge >= 0.3 is 5.97 Å². The fourth-order valence-corrected chi connectivity index (χ4v) is 0.843. The summed E-state index contributed by atoms with van der Waals surface area (Å²) >= 11 is 0. The summed E-state index contributed by atoms with van der Waals surface area (Å²) in [5.74, 6) is -0.753. The third-order valence-electron chi connectivity index (χ3n) is 1.63. The second kappa shape index (κ2) is 6.86. The molecule has 0 aliphatic heterocycles. The minimum absolute atomic E-state index is 0.193. The van der Waals surface area contributed by atoms with Gasteiger partial charge in [0.05, 0.1) is 19.1 Å². The first-order valence-electron chi connectivity index (χ1n) is 4.54. The lowest BCUT2D eigenvalue weighted by Gasteiger charge is -2.16. The van der Waals surface area contributed by atoms with Crippen LogP contribution in [-0.2, 0) is 9.53 Å². The minimum Gasteiger partial charge on any atom is -0.481 e. The molecule has 13 heavy (non-hydrogen) atoms. The minimum atomic E-state index is -0.753. The highest BCUT2D eigenvalue weighted by atomic mass is 16.5. The molecule has 4 heteroatoms. The molecule has 0 fully saturated rings. The van der Waals surface area contributed by atoms with Crippen molar-refractivity contribution >= 4 is 5.97 Å².